The predicted octanol–water partition coefficient (Wildman–Crippen LogP) is 8.63. The third kappa shape index (κ3) is 13.5. The van der Waals surface area contributed by atoms with Gasteiger partial charge in [0.25, 0.3) is 5.91 Å². The predicted molar refractivity (Wildman–Crippen MR) is 324 cm³/mol. The lowest BCUT2D eigenvalue weighted by Crippen LogP contribution is -2.82. The molecule has 3 N–H and O–H groups in total. The summed E-state index contributed by atoms with van der Waals surface area (Å²) < 4.78 is 51.8. The van der Waals surface area contributed by atoms with Gasteiger partial charge in [-0.2, -0.15) is 0 Å². The summed E-state index contributed by atoms with van der Waals surface area (Å²) in [5.74, 6) is -7.81. The van der Waals surface area contributed by atoms with Crippen LogP contribution in [0, 0.1) is 16.7 Å². The Labute approximate surface area is 508 Å². The molecular weight excluding hydrogens is 1140 g/mol. The van der Waals surface area contributed by atoms with Crippen molar-refractivity contribution in [2.45, 2.75) is 186 Å². The lowest BCUT2D eigenvalue weighted by atomic mass is 9.44. The summed E-state index contributed by atoms with van der Waals surface area (Å²) in [5, 5.41) is 29.2. The number of fused-ring (bicyclic) bond motifs is 5. The molecule has 21 heteroatoms. The Balaban J connectivity index is 1.37. The fraction of sp³-hybridized carbons (Fsp3) is 0.585. The van der Waals surface area contributed by atoms with Crippen LogP contribution in [0.2, 0.25) is 36.3 Å². The van der Waals surface area contributed by atoms with E-state index in [0.717, 1.165) is 43.2 Å². The number of ketones is 1. The van der Waals surface area contributed by atoms with Gasteiger partial charge in [-0.1, -0.05) is 122 Å². The van der Waals surface area contributed by atoms with E-state index in [0.29, 0.717) is 31.9 Å². The standard InChI is InChI=1S/C65H90N2O17Si2/c1-13-85(14-2,15-3)78-36-34-67(35-37-79-86(16-4,17-5)18-6)40-51(70)82-49-38-50-64(41-77-50,84-44(9)69)56-58(83-60(74)47-32-26-21-27-33-47)65(76)39-48(42(7)52(62(65,10)11)55(80-43(8)68)57(72)63(49,56)12)81-61(75)54(71)53(45-28-22-19-23-29-45)66-59(73)46-30-24-20-25-31-46/h19-33,48-50,53-56,58,71,76H,13-18,34-41H2,1-12H3,(H,66,73)/t48-,49-,50+,53-,54+,55+,56-,58-,63+,64-,65+/m0/s1. The third-order valence-electron chi connectivity index (χ3n) is 19.6. The van der Waals surface area contributed by atoms with Crippen LogP contribution in [0.4, 0.5) is 0 Å². The van der Waals surface area contributed by atoms with Gasteiger partial charge < -0.3 is 52.8 Å². The Bertz CT molecular complexity index is 2880. The first kappa shape index (κ1) is 67.6. The van der Waals surface area contributed by atoms with Crippen LogP contribution in [0.1, 0.15) is 128 Å². The number of Topliss-reactive ketones (excluding diaryl/α,β-unsaturated/α-hetero) is 1. The molecule has 86 heavy (non-hydrogen) atoms. The summed E-state index contributed by atoms with van der Waals surface area (Å²) in [6.07, 6.45) is -10.9. The molecule has 0 spiro atoms. The number of esters is 5. The SMILES string of the molecule is CC[Si](CC)(CC)OCCN(CCO[Si](CC)(CC)CC)CC(=O)O[C@H]1C[C@H]2OC[C@@]2(OC(C)=O)[C@H]2[C@H](OC(=O)c3ccccc3)[C@]3(O)C[C@H](OC(=O)[C@H](O)[C@@H](NC(=O)c4ccccc4)c4ccccc4)C(C)=C([C@@H](OC(C)=O)C(=O)[C@]12C)C3(C)C. The number of hydrogen-bond donors (Lipinski definition) is 3. The van der Waals surface area contributed by atoms with E-state index in [1.54, 1.807) is 99.6 Å². The molecule has 0 aromatic heterocycles. The van der Waals surface area contributed by atoms with Gasteiger partial charge in [0.1, 0.15) is 30.0 Å². The van der Waals surface area contributed by atoms with Crippen molar-refractivity contribution < 1.29 is 81.0 Å². The Morgan fingerprint density at radius 3 is 1.73 bits per heavy atom. The number of amides is 1. The summed E-state index contributed by atoms with van der Waals surface area (Å²) in [6, 6.07) is 28.6. The maximum atomic E-state index is 16.7. The summed E-state index contributed by atoms with van der Waals surface area (Å²) in [7, 11) is -4.10. The molecule has 3 aromatic rings. The van der Waals surface area contributed by atoms with Gasteiger partial charge in [-0.25, -0.2) is 9.59 Å². The number of benzene rings is 3. The number of rotatable bonds is 27. The molecule has 1 amide bonds. The van der Waals surface area contributed by atoms with Crippen molar-refractivity contribution in [3.8, 4) is 0 Å². The average Bonchev–Trinajstić information content (AvgIpc) is 0.671. The summed E-state index contributed by atoms with van der Waals surface area (Å²) in [5.41, 5.74) is -7.55. The molecule has 2 saturated carbocycles. The van der Waals surface area contributed by atoms with Crippen LogP contribution >= 0.6 is 0 Å². The van der Waals surface area contributed by atoms with E-state index < -0.39 is 135 Å². The third-order valence-corrected chi connectivity index (χ3v) is 28.9. The number of nitrogens with zero attached hydrogens (tertiary/aromatic N) is 1. The van der Waals surface area contributed by atoms with E-state index in [4.69, 9.17) is 37.3 Å². The second kappa shape index (κ2) is 28.1. The maximum Gasteiger partial charge on any atom is 0.338 e. The van der Waals surface area contributed by atoms with Crippen molar-refractivity contribution in [1.82, 2.24) is 10.2 Å². The molecule has 1 saturated heterocycles. The highest BCUT2D eigenvalue weighted by atomic mass is 28.4. The van der Waals surface area contributed by atoms with Gasteiger partial charge in [-0.15, -0.1) is 0 Å². The Hall–Kier alpha value is -5.92. The number of carbonyl (C=O) groups is 7. The minimum atomic E-state index is -2.49. The average molecular weight is 1230 g/mol. The van der Waals surface area contributed by atoms with E-state index in [-0.39, 0.29) is 41.8 Å². The van der Waals surface area contributed by atoms with Crippen molar-refractivity contribution in [2.24, 2.45) is 16.7 Å². The number of ether oxygens (including phenoxy) is 6. The number of carbonyl (C=O) groups excluding carboxylic acids is 7. The second-order valence-corrected chi connectivity index (χ2v) is 33.8. The fourth-order valence-corrected chi connectivity index (χ4v) is 19.1. The zero-order valence-electron chi connectivity index (χ0n) is 52.1. The highest BCUT2D eigenvalue weighted by Crippen LogP contribution is 2.65. The quantitative estimate of drug-likeness (QED) is 0.0280. The van der Waals surface area contributed by atoms with Crippen molar-refractivity contribution in [2.75, 3.05) is 39.5 Å². The molecule has 0 radical (unpaired) electrons. The Kier molecular flexibility index (Phi) is 22.1. The van der Waals surface area contributed by atoms with E-state index in [1.807, 2.05) is 4.90 Å². The van der Waals surface area contributed by atoms with Crippen LogP contribution in [-0.2, 0) is 61.2 Å². The van der Waals surface area contributed by atoms with Gasteiger partial charge in [-0.3, -0.25) is 28.9 Å². The normalized spacial score (nSPS) is 26.7. The molecule has 1 aliphatic heterocycles. The first-order valence-corrected chi connectivity index (χ1v) is 35.6. The number of nitrogens with one attached hydrogen (secondary N) is 1. The second-order valence-electron chi connectivity index (χ2n) is 24.3. The molecule has 3 aromatic carbocycles. The van der Waals surface area contributed by atoms with Gasteiger partial charge in [0.15, 0.2) is 40.2 Å². The lowest BCUT2D eigenvalue weighted by Gasteiger charge is -2.67. The van der Waals surface area contributed by atoms with Gasteiger partial charge in [-0.05, 0) is 91.1 Å². The minimum absolute atomic E-state index is 0.0299. The van der Waals surface area contributed by atoms with Crippen molar-refractivity contribution in [1.29, 1.82) is 0 Å². The van der Waals surface area contributed by atoms with Crippen LogP contribution in [0.3, 0.4) is 0 Å². The molecule has 7 rings (SSSR count). The van der Waals surface area contributed by atoms with Crippen LogP contribution in [-0.4, -0.2) is 161 Å². The molecule has 1 heterocycles. The molecule has 470 valence electrons. The monoisotopic (exact) mass is 1230 g/mol. The molecule has 19 nitrogen and oxygen atoms in total. The van der Waals surface area contributed by atoms with E-state index in [1.165, 1.54) is 26.0 Å². The summed E-state index contributed by atoms with van der Waals surface area (Å²) in [4.78, 5) is 104. The molecule has 11 atom stereocenters. The Morgan fingerprint density at radius 1 is 0.721 bits per heavy atom. The zero-order valence-corrected chi connectivity index (χ0v) is 54.1. The minimum Gasteiger partial charge on any atom is -0.460 e. The van der Waals surface area contributed by atoms with E-state index >= 15 is 9.59 Å². The van der Waals surface area contributed by atoms with Crippen molar-refractivity contribution in [3.05, 3.63) is 119 Å². The highest BCUT2D eigenvalue weighted by molar-refractivity contribution is 6.74. The smallest absolute Gasteiger partial charge is 0.338 e. The zero-order chi connectivity index (χ0) is 63.0. The number of aliphatic hydroxyl groups is 2. The summed E-state index contributed by atoms with van der Waals surface area (Å²) in [6.45, 7) is 22.1. The maximum absolute atomic E-state index is 16.7. The van der Waals surface area contributed by atoms with Gasteiger partial charge in [0.05, 0.1) is 36.1 Å². The van der Waals surface area contributed by atoms with E-state index in [2.05, 4.69) is 46.9 Å². The largest absolute Gasteiger partial charge is 0.460 e. The Morgan fingerprint density at radius 2 is 1.24 bits per heavy atom. The molecule has 0 unspecified atom stereocenters. The molecule has 2 bridgehead atoms. The highest BCUT2D eigenvalue weighted by Gasteiger charge is 2.79. The van der Waals surface area contributed by atoms with Crippen molar-refractivity contribution in [3.63, 3.8) is 0 Å². The first-order chi connectivity index (χ1) is 40.8. The van der Waals surface area contributed by atoms with Gasteiger partial charge >= 0.3 is 29.8 Å². The molecule has 3 aliphatic carbocycles. The fourth-order valence-electron chi connectivity index (χ4n) is 13.9. The van der Waals surface area contributed by atoms with Crippen LogP contribution in [0.5, 0.6) is 0 Å². The molecular formula is C65H90N2O17Si2. The van der Waals surface area contributed by atoms with Gasteiger partial charge in [0.2, 0.25) is 0 Å². The molecule has 3 fully saturated rings. The molecule has 4 aliphatic rings. The van der Waals surface area contributed by atoms with Gasteiger partial charge in [0, 0.05) is 64.0 Å². The van der Waals surface area contributed by atoms with Crippen LogP contribution < -0.4 is 5.32 Å². The number of aliphatic hydroxyl groups excluding tert-OH is 1. The first-order valence-electron chi connectivity index (χ1n) is 30.5. The number of hydrogen-bond acceptors (Lipinski definition) is 18. The lowest BCUT2D eigenvalue weighted by molar-refractivity contribution is -0.346. The van der Waals surface area contributed by atoms with E-state index in [9.17, 15) is 34.2 Å². The van der Waals surface area contributed by atoms with Crippen LogP contribution in [0.25, 0.3) is 0 Å². The van der Waals surface area contributed by atoms with Crippen molar-refractivity contribution >= 4 is 58.2 Å². The topological polar surface area (TPSA) is 249 Å². The summed E-state index contributed by atoms with van der Waals surface area (Å²) >= 11 is 0. The van der Waals surface area contributed by atoms with Crippen LogP contribution in [0.15, 0.2) is 102 Å².